The van der Waals surface area contributed by atoms with Gasteiger partial charge in [0.15, 0.2) is 5.11 Å². The molecular weight excluding hydrogens is 176 g/mol. The van der Waals surface area contributed by atoms with E-state index in [2.05, 4.69) is 17.5 Å². The molecule has 0 aromatic rings. The van der Waals surface area contributed by atoms with Gasteiger partial charge in [0.25, 0.3) is 0 Å². The third-order valence-corrected chi connectivity index (χ3v) is 1.96. The smallest absolute Gasteiger partial charge is 0.314 e. The molecule has 1 fully saturated rings. The average Bonchev–Trinajstić information content (AvgIpc) is 2.34. The van der Waals surface area contributed by atoms with Crippen LogP contribution in [0.2, 0.25) is 0 Å². The number of likely N-dealkylation sites (tertiary alicyclic amines) is 1. The van der Waals surface area contributed by atoms with E-state index in [4.69, 9.17) is 11.5 Å². The van der Waals surface area contributed by atoms with Crippen molar-refractivity contribution in [3.05, 3.63) is 0 Å². The van der Waals surface area contributed by atoms with Crippen molar-refractivity contribution >= 4 is 23.4 Å². The highest BCUT2D eigenvalue weighted by Crippen LogP contribution is 2.07. The summed E-state index contributed by atoms with van der Waals surface area (Å²) in [7, 11) is 0. The number of primary amides is 1. The number of nitrogens with zero attached hydrogens (tertiary/aromatic N) is 1. The SMILES string of the molecule is NC(=O)N1CCC(NC(N)=S)C1. The highest BCUT2D eigenvalue weighted by Gasteiger charge is 2.24. The first-order valence-electron chi connectivity index (χ1n) is 3.70. The van der Waals surface area contributed by atoms with Crippen molar-refractivity contribution in [3.63, 3.8) is 0 Å². The first-order valence-corrected chi connectivity index (χ1v) is 4.11. The topological polar surface area (TPSA) is 84.4 Å². The van der Waals surface area contributed by atoms with E-state index in [0.717, 1.165) is 6.42 Å². The van der Waals surface area contributed by atoms with E-state index in [1.165, 1.54) is 0 Å². The molecule has 1 rings (SSSR count). The molecule has 0 bridgehead atoms. The summed E-state index contributed by atoms with van der Waals surface area (Å²) in [6.07, 6.45) is 0.847. The van der Waals surface area contributed by atoms with E-state index in [-0.39, 0.29) is 17.2 Å². The number of hydrogen-bond donors (Lipinski definition) is 3. The van der Waals surface area contributed by atoms with Crippen molar-refractivity contribution in [3.8, 4) is 0 Å². The van der Waals surface area contributed by atoms with Crippen LogP contribution >= 0.6 is 12.2 Å². The second kappa shape index (κ2) is 3.57. The van der Waals surface area contributed by atoms with Gasteiger partial charge >= 0.3 is 6.03 Å². The van der Waals surface area contributed by atoms with Gasteiger partial charge in [0.05, 0.1) is 0 Å². The molecule has 1 unspecified atom stereocenters. The third kappa shape index (κ3) is 2.23. The lowest BCUT2D eigenvalue weighted by atomic mass is 10.3. The van der Waals surface area contributed by atoms with Crippen molar-refractivity contribution < 1.29 is 4.79 Å². The fourth-order valence-electron chi connectivity index (χ4n) is 1.28. The summed E-state index contributed by atoms with van der Waals surface area (Å²) in [5.41, 5.74) is 10.4. The van der Waals surface area contributed by atoms with Crippen molar-refractivity contribution in [2.24, 2.45) is 11.5 Å². The number of carbonyl (C=O) groups is 1. The number of rotatable bonds is 1. The monoisotopic (exact) mass is 188 g/mol. The predicted molar refractivity (Wildman–Crippen MR) is 49.5 cm³/mol. The van der Waals surface area contributed by atoms with Crippen molar-refractivity contribution in [2.75, 3.05) is 13.1 Å². The summed E-state index contributed by atoms with van der Waals surface area (Å²) in [6.45, 7) is 1.27. The van der Waals surface area contributed by atoms with Gasteiger partial charge in [-0.05, 0) is 18.6 Å². The van der Waals surface area contributed by atoms with Gasteiger partial charge in [-0.1, -0.05) is 0 Å². The Morgan fingerprint density at radius 2 is 2.25 bits per heavy atom. The summed E-state index contributed by atoms with van der Waals surface area (Å²) in [5, 5.41) is 3.16. The van der Waals surface area contributed by atoms with Gasteiger partial charge in [0.1, 0.15) is 0 Å². The number of amides is 2. The largest absolute Gasteiger partial charge is 0.376 e. The lowest BCUT2D eigenvalue weighted by Crippen LogP contribution is -2.42. The fraction of sp³-hybridized carbons (Fsp3) is 0.667. The molecule has 6 heteroatoms. The van der Waals surface area contributed by atoms with Crippen LogP contribution < -0.4 is 16.8 Å². The van der Waals surface area contributed by atoms with Gasteiger partial charge in [0, 0.05) is 19.1 Å². The molecular formula is C6H12N4OS. The van der Waals surface area contributed by atoms with Crippen LogP contribution in [0.15, 0.2) is 0 Å². The normalized spacial score (nSPS) is 22.3. The summed E-state index contributed by atoms with van der Waals surface area (Å²) >= 11 is 4.67. The molecule has 12 heavy (non-hydrogen) atoms. The average molecular weight is 188 g/mol. The van der Waals surface area contributed by atoms with E-state index in [0.29, 0.717) is 13.1 Å². The van der Waals surface area contributed by atoms with E-state index in [9.17, 15) is 4.79 Å². The quantitative estimate of drug-likeness (QED) is 0.459. The number of carbonyl (C=O) groups excluding carboxylic acids is 1. The first-order chi connectivity index (χ1) is 5.59. The molecule has 0 aromatic heterocycles. The van der Waals surface area contributed by atoms with E-state index >= 15 is 0 Å². The lowest BCUT2D eigenvalue weighted by Gasteiger charge is -2.14. The van der Waals surface area contributed by atoms with Gasteiger partial charge in [0.2, 0.25) is 0 Å². The fourth-order valence-corrected chi connectivity index (χ4v) is 1.45. The number of nitrogens with two attached hydrogens (primary N) is 2. The van der Waals surface area contributed by atoms with Crippen LogP contribution in [0.25, 0.3) is 0 Å². The molecule has 1 aliphatic heterocycles. The zero-order valence-electron chi connectivity index (χ0n) is 6.62. The summed E-state index contributed by atoms with van der Waals surface area (Å²) in [6, 6.07) is -0.225. The molecule has 1 saturated heterocycles. The summed E-state index contributed by atoms with van der Waals surface area (Å²) in [5.74, 6) is 0. The molecule has 0 spiro atoms. The van der Waals surface area contributed by atoms with Crippen molar-refractivity contribution in [1.29, 1.82) is 0 Å². The molecule has 68 valence electrons. The minimum atomic E-state index is -0.387. The summed E-state index contributed by atoms with van der Waals surface area (Å²) in [4.78, 5) is 12.3. The Morgan fingerprint density at radius 3 is 2.67 bits per heavy atom. The molecule has 5 N–H and O–H groups in total. The van der Waals surface area contributed by atoms with Crippen molar-refractivity contribution in [2.45, 2.75) is 12.5 Å². The molecule has 5 nitrogen and oxygen atoms in total. The van der Waals surface area contributed by atoms with Gasteiger partial charge in [-0.3, -0.25) is 0 Å². The van der Waals surface area contributed by atoms with Gasteiger partial charge in [-0.25, -0.2) is 4.79 Å². The van der Waals surface area contributed by atoms with Crippen LogP contribution in [0.3, 0.4) is 0 Å². The number of urea groups is 1. The predicted octanol–water partition coefficient (Wildman–Crippen LogP) is -1.03. The van der Waals surface area contributed by atoms with Crippen LogP contribution in [-0.2, 0) is 0 Å². The second-order valence-corrected chi connectivity index (χ2v) is 3.22. The highest BCUT2D eigenvalue weighted by molar-refractivity contribution is 7.80. The minimum Gasteiger partial charge on any atom is -0.376 e. The minimum absolute atomic E-state index is 0.162. The van der Waals surface area contributed by atoms with Crippen molar-refractivity contribution in [1.82, 2.24) is 10.2 Å². The van der Waals surface area contributed by atoms with Crippen LogP contribution in [0, 0.1) is 0 Å². The highest BCUT2D eigenvalue weighted by atomic mass is 32.1. The Morgan fingerprint density at radius 1 is 1.58 bits per heavy atom. The van der Waals surface area contributed by atoms with Crippen LogP contribution in [-0.4, -0.2) is 35.2 Å². The Hall–Kier alpha value is -1.04. The van der Waals surface area contributed by atoms with E-state index in [1.54, 1.807) is 4.90 Å². The molecule has 1 heterocycles. The van der Waals surface area contributed by atoms with E-state index < -0.39 is 0 Å². The Balaban J connectivity index is 2.35. The van der Waals surface area contributed by atoms with Gasteiger partial charge in [-0.2, -0.15) is 0 Å². The maximum atomic E-state index is 10.7. The molecule has 0 saturated carbocycles. The number of thiocarbonyl (C=S) groups is 1. The zero-order valence-corrected chi connectivity index (χ0v) is 7.43. The molecule has 0 aliphatic carbocycles. The Labute approximate surface area is 76.1 Å². The molecule has 0 aromatic carbocycles. The second-order valence-electron chi connectivity index (χ2n) is 2.78. The van der Waals surface area contributed by atoms with E-state index in [1.807, 2.05) is 0 Å². The summed E-state index contributed by atoms with van der Waals surface area (Å²) < 4.78 is 0. The first kappa shape index (κ1) is 9.05. The molecule has 1 atom stereocenters. The standard InChI is InChI=1S/C6H12N4OS/c7-5(12)9-4-1-2-10(3-4)6(8)11/h4H,1-3H2,(H2,8,11)(H3,7,9,12). The van der Waals surface area contributed by atoms with Crippen LogP contribution in [0.1, 0.15) is 6.42 Å². The van der Waals surface area contributed by atoms with Crippen LogP contribution in [0.5, 0.6) is 0 Å². The maximum absolute atomic E-state index is 10.7. The maximum Gasteiger partial charge on any atom is 0.314 e. The lowest BCUT2D eigenvalue weighted by molar-refractivity contribution is 0.217. The zero-order chi connectivity index (χ0) is 9.14. The van der Waals surface area contributed by atoms with Gasteiger partial charge in [-0.15, -0.1) is 0 Å². The third-order valence-electron chi connectivity index (χ3n) is 1.85. The Kier molecular flexibility index (Phi) is 2.69. The number of hydrogen-bond acceptors (Lipinski definition) is 2. The molecule has 1 aliphatic rings. The number of nitrogens with one attached hydrogen (secondary N) is 1. The van der Waals surface area contributed by atoms with Crippen LogP contribution in [0.4, 0.5) is 4.79 Å². The molecule has 2 amide bonds. The molecule has 0 radical (unpaired) electrons. The van der Waals surface area contributed by atoms with Gasteiger partial charge < -0.3 is 21.7 Å². The Bertz CT molecular complexity index is 208.